The van der Waals surface area contributed by atoms with Gasteiger partial charge in [0.2, 0.25) is 0 Å². The minimum atomic E-state index is -0.683. The van der Waals surface area contributed by atoms with E-state index in [0.29, 0.717) is 11.5 Å². The molecule has 2 rings (SSSR count). The normalized spacial score (nSPS) is 15.1. The first-order valence-corrected chi connectivity index (χ1v) is 5.61. The monoisotopic (exact) mass is 235 g/mol. The number of hydrogen-bond donors (Lipinski definition) is 3. The molecule has 5 nitrogen and oxygen atoms in total. The van der Waals surface area contributed by atoms with Crippen molar-refractivity contribution < 1.29 is 10.2 Å². The van der Waals surface area contributed by atoms with Crippen LogP contribution in [0.25, 0.3) is 11.0 Å². The predicted octanol–water partition coefficient (Wildman–Crippen LogP) is 1.23. The summed E-state index contributed by atoms with van der Waals surface area (Å²) in [6, 6.07) is 5.28. The van der Waals surface area contributed by atoms with Crippen molar-refractivity contribution in [2.24, 2.45) is 0 Å². The lowest BCUT2D eigenvalue weighted by molar-refractivity contribution is 0.173. The Labute approximate surface area is 99.5 Å². The third-order valence-electron chi connectivity index (χ3n) is 2.82. The number of nitrogen functional groups attached to an aromatic ring is 1. The summed E-state index contributed by atoms with van der Waals surface area (Å²) in [5.41, 5.74) is 7.95. The molecule has 0 saturated carbocycles. The number of hydrogen-bond acceptors (Lipinski definition) is 4. The van der Waals surface area contributed by atoms with Crippen molar-refractivity contribution in [1.82, 2.24) is 9.55 Å². The maximum Gasteiger partial charge on any atom is 0.138 e. The second-order valence-electron chi connectivity index (χ2n) is 4.30. The summed E-state index contributed by atoms with van der Waals surface area (Å²) in [5.74, 6) is 0.548. The van der Waals surface area contributed by atoms with E-state index in [9.17, 15) is 10.2 Å². The molecule has 1 heterocycles. The second-order valence-corrected chi connectivity index (χ2v) is 4.30. The van der Waals surface area contributed by atoms with Crippen LogP contribution in [0.5, 0.6) is 0 Å². The Hall–Kier alpha value is -1.59. The summed E-state index contributed by atoms with van der Waals surface area (Å²) in [4.78, 5) is 4.36. The largest absolute Gasteiger partial charge is 0.399 e. The first kappa shape index (κ1) is 11.9. The van der Waals surface area contributed by atoms with E-state index in [0.717, 1.165) is 11.0 Å². The average molecular weight is 235 g/mol. The van der Waals surface area contributed by atoms with Crippen LogP contribution in [-0.2, 0) is 0 Å². The van der Waals surface area contributed by atoms with Crippen LogP contribution in [0.1, 0.15) is 31.8 Å². The SMILES string of the molecule is CC(O)c1nc2cc(N)ccc2n1C(C)CO. The van der Waals surface area contributed by atoms with E-state index < -0.39 is 6.10 Å². The van der Waals surface area contributed by atoms with Gasteiger partial charge in [-0.15, -0.1) is 0 Å². The van der Waals surface area contributed by atoms with Crippen molar-refractivity contribution in [3.63, 3.8) is 0 Å². The molecule has 1 aromatic carbocycles. The number of nitrogens with two attached hydrogens (primary N) is 1. The molecule has 4 N–H and O–H groups in total. The highest BCUT2D eigenvalue weighted by Crippen LogP contribution is 2.26. The molecule has 92 valence electrons. The zero-order valence-corrected chi connectivity index (χ0v) is 9.96. The van der Waals surface area contributed by atoms with E-state index in [1.54, 1.807) is 19.1 Å². The van der Waals surface area contributed by atoms with E-state index in [4.69, 9.17) is 5.73 Å². The highest BCUT2D eigenvalue weighted by molar-refractivity contribution is 5.79. The van der Waals surface area contributed by atoms with Gasteiger partial charge in [-0.05, 0) is 32.0 Å². The van der Waals surface area contributed by atoms with Gasteiger partial charge in [0.05, 0.1) is 23.7 Å². The van der Waals surface area contributed by atoms with Gasteiger partial charge < -0.3 is 20.5 Å². The third-order valence-corrected chi connectivity index (χ3v) is 2.82. The summed E-state index contributed by atoms with van der Waals surface area (Å²) >= 11 is 0. The lowest BCUT2D eigenvalue weighted by Gasteiger charge is -2.16. The van der Waals surface area contributed by atoms with Gasteiger partial charge in [0.15, 0.2) is 0 Å². The molecule has 0 radical (unpaired) electrons. The van der Waals surface area contributed by atoms with Crippen molar-refractivity contribution in [3.8, 4) is 0 Å². The summed E-state index contributed by atoms with van der Waals surface area (Å²) in [7, 11) is 0. The minimum Gasteiger partial charge on any atom is -0.399 e. The molecule has 2 unspecified atom stereocenters. The summed E-state index contributed by atoms with van der Waals surface area (Å²) in [6.07, 6.45) is -0.683. The number of aliphatic hydroxyl groups is 2. The molecule has 0 aliphatic carbocycles. The number of aliphatic hydroxyl groups excluding tert-OH is 2. The fourth-order valence-corrected chi connectivity index (χ4v) is 1.97. The van der Waals surface area contributed by atoms with Gasteiger partial charge in [0, 0.05) is 5.69 Å². The molecular weight excluding hydrogens is 218 g/mol. The Kier molecular flexibility index (Phi) is 3.04. The molecule has 0 aliphatic rings. The second kappa shape index (κ2) is 4.35. The number of fused-ring (bicyclic) bond motifs is 1. The number of benzene rings is 1. The number of rotatable bonds is 3. The highest BCUT2D eigenvalue weighted by Gasteiger charge is 2.18. The fourth-order valence-electron chi connectivity index (χ4n) is 1.97. The van der Waals surface area contributed by atoms with Gasteiger partial charge in [-0.25, -0.2) is 4.98 Å². The van der Waals surface area contributed by atoms with Crippen LogP contribution >= 0.6 is 0 Å². The van der Waals surface area contributed by atoms with Crippen LogP contribution < -0.4 is 5.73 Å². The molecule has 5 heteroatoms. The van der Waals surface area contributed by atoms with Gasteiger partial charge in [0.25, 0.3) is 0 Å². The molecule has 2 aromatic rings. The van der Waals surface area contributed by atoms with E-state index in [-0.39, 0.29) is 12.6 Å². The van der Waals surface area contributed by atoms with Crippen molar-refractivity contribution in [2.45, 2.75) is 26.0 Å². The Morgan fingerprint density at radius 3 is 2.71 bits per heavy atom. The number of aromatic nitrogens is 2. The van der Waals surface area contributed by atoms with Gasteiger partial charge in [-0.1, -0.05) is 0 Å². The molecule has 0 spiro atoms. The number of nitrogens with zero attached hydrogens (tertiary/aromatic N) is 2. The summed E-state index contributed by atoms with van der Waals surface area (Å²) < 4.78 is 1.85. The van der Waals surface area contributed by atoms with Crippen molar-refractivity contribution in [1.29, 1.82) is 0 Å². The number of anilines is 1. The molecule has 2 atom stereocenters. The molecule has 0 fully saturated rings. The van der Waals surface area contributed by atoms with Crippen LogP contribution in [0.4, 0.5) is 5.69 Å². The van der Waals surface area contributed by atoms with Crippen molar-refractivity contribution in [2.75, 3.05) is 12.3 Å². The van der Waals surface area contributed by atoms with Crippen molar-refractivity contribution in [3.05, 3.63) is 24.0 Å². The van der Waals surface area contributed by atoms with E-state index in [2.05, 4.69) is 4.98 Å². The van der Waals surface area contributed by atoms with Gasteiger partial charge in [-0.2, -0.15) is 0 Å². The topological polar surface area (TPSA) is 84.3 Å². The van der Waals surface area contributed by atoms with Crippen LogP contribution in [0.3, 0.4) is 0 Å². The molecular formula is C12H17N3O2. The summed E-state index contributed by atoms with van der Waals surface area (Å²) in [6.45, 7) is 3.53. The third kappa shape index (κ3) is 1.99. The Morgan fingerprint density at radius 2 is 2.12 bits per heavy atom. The molecule has 0 amide bonds. The van der Waals surface area contributed by atoms with E-state index in [1.165, 1.54) is 0 Å². The lowest BCUT2D eigenvalue weighted by Crippen LogP contribution is -2.14. The molecule has 1 aromatic heterocycles. The van der Waals surface area contributed by atoms with Crippen LogP contribution in [-0.4, -0.2) is 26.4 Å². The Balaban J connectivity index is 2.71. The molecule has 0 saturated heterocycles. The standard InChI is InChI=1S/C12H17N3O2/c1-7(6-16)15-11-4-3-9(13)5-10(11)14-12(15)8(2)17/h3-5,7-8,16-17H,6,13H2,1-2H3. The zero-order valence-electron chi connectivity index (χ0n) is 9.96. The fraction of sp³-hybridized carbons (Fsp3) is 0.417. The maximum atomic E-state index is 9.72. The first-order chi connectivity index (χ1) is 8.04. The van der Waals surface area contributed by atoms with Crippen LogP contribution in [0, 0.1) is 0 Å². The zero-order chi connectivity index (χ0) is 12.6. The lowest BCUT2D eigenvalue weighted by atomic mass is 10.2. The van der Waals surface area contributed by atoms with Gasteiger partial charge in [0.1, 0.15) is 11.9 Å². The smallest absolute Gasteiger partial charge is 0.138 e. The van der Waals surface area contributed by atoms with E-state index >= 15 is 0 Å². The highest BCUT2D eigenvalue weighted by atomic mass is 16.3. The summed E-state index contributed by atoms with van der Waals surface area (Å²) in [5, 5.41) is 19.0. The van der Waals surface area contributed by atoms with Crippen LogP contribution in [0.15, 0.2) is 18.2 Å². The quantitative estimate of drug-likeness (QED) is 0.698. The molecule has 0 aliphatic heterocycles. The molecule has 17 heavy (non-hydrogen) atoms. The minimum absolute atomic E-state index is 0.00441. The average Bonchev–Trinajstić information content (AvgIpc) is 2.66. The van der Waals surface area contributed by atoms with Gasteiger partial charge >= 0.3 is 0 Å². The van der Waals surface area contributed by atoms with E-state index in [1.807, 2.05) is 17.6 Å². The first-order valence-electron chi connectivity index (χ1n) is 5.61. The maximum absolute atomic E-state index is 9.72. The molecule has 0 bridgehead atoms. The van der Waals surface area contributed by atoms with Gasteiger partial charge in [-0.3, -0.25) is 0 Å². The number of imidazole rings is 1. The van der Waals surface area contributed by atoms with Crippen LogP contribution in [0.2, 0.25) is 0 Å². The van der Waals surface area contributed by atoms with Crippen molar-refractivity contribution >= 4 is 16.7 Å². The predicted molar refractivity (Wildman–Crippen MR) is 66.6 cm³/mol. The Bertz CT molecular complexity index is 534. The Morgan fingerprint density at radius 1 is 1.41 bits per heavy atom.